The van der Waals surface area contributed by atoms with Gasteiger partial charge in [0.1, 0.15) is 0 Å². The van der Waals surface area contributed by atoms with Gasteiger partial charge in [-0.15, -0.1) is 0 Å². The molecule has 0 atom stereocenters. The normalized spacial score (nSPS) is 10.5. The molecule has 0 spiro atoms. The molecule has 0 radical (unpaired) electrons. The van der Waals surface area contributed by atoms with E-state index in [2.05, 4.69) is 0 Å². The molecule has 0 saturated heterocycles. The Morgan fingerprint density at radius 1 is 0.941 bits per heavy atom. The summed E-state index contributed by atoms with van der Waals surface area (Å²) in [5.74, 6) is 0. The van der Waals surface area contributed by atoms with Crippen LogP contribution in [0.15, 0.2) is 42.5 Å². The molecule has 0 aliphatic rings. The summed E-state index contributed by atoms with van der Waals surface area (Å²) in [5, 5.41) is 1.77. The fourth-order valence-corrected chi connectivity index (χ4v) is 2.33. The predicted octanol–water partition coefficient (Wildman–Crippen LogP) is -4.74. The van der Waals surface area contributed by atoms with Crippen LogP contribution in [0, 0.1) is 0 Å². The minimum atomic E-state index is -4.49. The average molecular weight is 266 g/mol. The largest absolute Gasteiger partial charge is 1.00 e. The molecule has 78 valence electrons. The van der Waals surface area contributed by atoms with Crippen LogP contribution in [0.1, 0.15) is 5.56 Å². The average Bonchev–Trinajstić information content (AvgIpc) is 2.16. The van der Waals surface area contributed by atoms with E-state index in [9.17, 15) is 14.4 Å². The molecule has 0 fully saturated rings. The Morgan fingerprint density at radius 3 is 2.18 bits per heavy atom. The van der Waals surface area contributed by atoms with Crippen molar-refractivity contribution in [2.45, 2.75) is 6.16 Å². The summed E-state index contributed by atoms with van der Waals surface area (Å²) in [6.45, 7) is 0. The van der Waals surface area contributed by atoms with Gasteiger partial charge in [-0.25, -0.2) is 0 Å². The molecule has 2 aromatic rings. The van der Waals surface area contributed by atoms with Crippen molar-refractivity contribution in [3.63, 3.8) is 0 Å². The van der Waals surface area contributed by atoms with Crippen molar-refractivity contribution in [3.05, 3.63) is 48.0 Å². The summed E-state index contributed by atoms with van der Waals surface area (Å²) in [5.41, 5.74) is 0.571. The van der Waals surface area contributed by atoms with E-state index >= 15 is 0 Å². The molecule has 0 heterocycles. The number of rotatable bonds is 2. The summed E-state index contributed by atoms with van der Waals surface area (Å²) in [7, 11) is -4.49. The fourth-order valence-electron chi connectivity index (χ4n) is 1.64. The van der Waals surface area contributed by atoms with Crippen molar-refractivity contribution in [1.82, 2.24) is 0 Å². The smallest absolute Gasteiger partial charge is 0.810 e. The summed E-state index contributed by atoms with van der Waals surface area (Å²) in [6.07, 6.45) is -0.422. The van der Waals surface area contributed by atoms with Gasteiger partial charge in [-0.1, -0.05) is 50.1 Å². The maximum absolute atomic E-state index is 10.7. The van der Waals surface area contributed by atoms with Gasteiger partial charge in [0.25, 0.3) is 0 Å². The van der Waals surface area contributed by atoms with Crippen molar-refractivity contribution in [2.75, 3.05) is 0 Å². The van der Waals surface area contributed by atoms with Crippen LogP contribution in [0.2, 0.25) is 0 Å². The molecule has 0 aliphatic carbocycles. The Bertz CT molecular complexity index is 534. The minimum absolute atomic E-state index is 0. The van der Waals surface area contributed by atoms with Crippen LogP contribution < -0.4 is 68.9 Å². The molecule has 0 aliphatic heterocycles. The van der Waals surface area contributed by atoms with E-state index in [1.807, 2.05) is 30.3 Å². The fraction of sp³-hybridized carbons (Fsp3) is 0.0909. The molecule has 3 nitrogen and oxygen atoms in total. The number of benzene rings is 2. The van der Waals surface area contributed by atoms with Crippen LogP contribution >= 0.6 is 7.60 Å². The topological polar surface area (TPSA) is 63.2 Å². The van der Waals surface area contributed by atoms with Crippen molar-refractivity contribution in [2.24, 2.45) is 0 Å². The maximum atomic E-state index is 10.7. The third kappa shape index (κ3) is 5.15. The zero-order valence-electron chi connectivity index (χ0n) is 9.92. The molecule has 0 N–H and O–H groups in total. The molecule has 2 aromatic carbocycles. The molecule has 0 aromatic heterocycles. The van der Waals surface area contributed by atoms with Crippen molar-refractivity contribution in [1.29, 1.82) is 0 Å². The van der Waals surface area contributed by atoms with Crippen LogP contribution in [-0.2, 0) is 10.7 Å². The molecule has 0 saturated carbocycles. The molecule has 0 bridgehead atoms. The molecule has 0 amide bonds. The van der Waals surface area contributed by atoms with E-state index in [0.717, 1.165) is 10.8 Å². The number of fused-ring (bicyclic) bond motifs is 1. The first kappa shape index (κ1) is 17.8. The van der Waals surface area contributed by atoms with Gasteiger partial charge in [-0.05, 0) is 16.3 Å². The Kier molecular flexibility index (Phi) is 7.81. The van der Waals surface area contributed by atoms with E-state index in [-0.39, 0.29) is 59.1 Å². The van der Waals surface area contributed by atoms with E-state index < -0.39 is 13.8 Å². The monoisotopic (exact) mass is 266 g/mol. The molecule has 0 unspecified atom stereocenters. The van der Waals surface area contributed by atoms with Gasteiger partial charge >= 0.3 is 59.1 Å². The van der Waals surface area contributed by atoms with E-state index in [1.54, 1.807) is 12.1 Å². The molecule has 2 rings (SSSR count). The Labute approximate surface area is 144 Å². The van der Waals surface area contributed by atoms with Gasteiger partial charge in [-0.3, -0.25) is 0 Å². The van der Waals surface area contributed by atoms with Gasteiger partial charge in [0.2, 0.25) is 0 Å². The van der Waals surface area contributed by atoms with Crippen LogP contribution in [0.25, 0.3) is 10.8 Å². The summed E-state index contributed by atoms with van der Waals surface area (Å²) < 4.78 is 10.7. The van der Waals surface area contributed by atoms with Crippen LogP contribution in [0.4, 0.5) is 0 Å². The van der Waals surface area contributed by atoms with Gasteiger partial charge in [0.05, 0.1) is 0 Å². The second-order valence-electron chi connectivity index (χ2n) is 3.41. The Hall–Kier alpha value is 0.850. The predicted molar refractivity (Wildman–Crippen MR) is 55.3 cm³/mol. The maximum Gasteiger partial charge on any atom is 1.00 e. The molecule has 17 heavy (non-hydrogen) atoms. The van der Waals surface area contributed by atoms with E-state index in [4.69, 9.17) is 0 Å². The van der Waals surface area contributed by atoms with Crippen molar-refractivity contribution < 1.29 is 73.5 Å². The first-order valence-electron chi connectivity index (χ1n) is 4.54. The van der Waals surface area contributed by atoms with Gasteiger partial charge < -0.3 is 14.4 Å². The third-order valence-electron chi connectivity index (χ3n) is 2.24. The van der Waals surface area contributed by atoms with E-state index in [0.29, 0.717) is 5.56 Å². The minimum Gasteiger partial charge on any atom is -0.810 e. The van der Waals surface area contributed by atoms with Crippen molar-refractivity contribution in [3.8, 4) is 0 Å². The van der Waals surface area contributed by atoms with Crippen LogP contribution in [-0.4, -0.2) is 0 Å². The Morgan fingerprint density at radius 2 is 1.53 bits per heavy atom. The molecular weight excluding hydrogens is 257 g/mol. The van der Waals surface area contributed by atoms with Gasteiger partial charge in [0.15, 0.2) is 0 Å². The first-order valence-corrected chi connectivity index (χ1v) is 6.27. The standard InChI is InChI=1S/C11H11O3P.2Na/c12-15(13,14)8-10-6-3-5-9-4-1-2-7-11(9)10;;/h1-7H,8H2,(H2,12,13,14);;/q;2*+1/p-2. The van der Waals surface area contributed by atoms with E-state index in [1.165, 1.54) is 0 Å². The van der Waals surface area contributed by atoms with Crippen molar-refractivity contribution >= 4 is 18.4 Å². The number of hydrogen-bond acceptors (Lipinski definition) is 3. The van der Waals surface area contributed by atoms with Gasteiger partial charge in [-0.2, -0.15) is 0 Å². The van der Waals surface area contributed by atoms with Crippen LogP contribution in [0.3, 0.4) is 0 Å². The summed E-state index contributed by atoms with van der Waals surface area (Å²) >= 11 is 0. The first-order chi connectivity index (χ1) is 7.06. The third-order valence-corrected chi connectivity index (χ3v) is 2.97. The second-order valence-corrected chi connectivity index (χ2v) is 4.95. The number of hydrogen-bond donors (Lipinski definition) is 0. The van der Waals surface area contributed by atoms with Crippen LogP contribution in [0.5, 0.6) is 0 Å². The molecular formula is C11H9Na2O3P. The summed E-state index contributed by atoms with van der Waals surface area (Å²) in [4.78, 5) is 21.4. The Balaban J connectivity index is 0.00000128. The van der Waals surface area contributed by atoms with Gasteiger partial charge in [0, 0.05) is 6.16 Å². The second kappa shape index (κ2) is 7.44. The zero-order valence-corrected chi connectivity index (χ0v) is 14.8. The quantitative estimate of drug-likeness (QED) is 0.405. The molecule has 6 heteroatoms. The summed E-state index contributed by atoms with van der Waals surface area (Å²) in [6, 6.07) is 12.7. The zero-order chi connectivity index (χ0) is 10.9. The SMILES string of the molecule is O=P([O-])([O-])Cc1cccc2ccccc12.[Na+].[Na+].